The number of amides is 1. The van der Waals surface area contributed by atoms with E-state index in [9.17, 15) is 9.18 Å². The van der Waals surface area contributed by atoms with E-state index in [1.54, 1.807) is 41.1 Å². The van der Waals surface area contributed by atoms with Crippen LogP contribution in [0.1, 0.15) is 42.5 Å². The third-order valence-corrected chi connectivity index (χ3v) is 4.66. The van der Waals surface area contributed by atoms with E-state index in [-0.39, 0.29) is 23.9 Å². The molecule has 0 spiro atoms. The molecule has 0 bridgehead atoms. The maximum absolute atomic E-state index is 13.2. The van der Waals surface area contributed by atoms with Gasteiger partial charge in [0.25, 0.3) is 5.91 Å². The topological polar surface area (TPSA) is 65.4 Å². The zero-order valence-electron chi connectivity index (χ0n) is 16.5. The average Bonchev–Trinajstić information content (AvgIpc) is 3.30. The summed E-state index contributed by atoms with van der Waals surface area (Å²) < 4.78 is 25.5. The van der Waals surface area contributed by atoms with Crippen molar-refractivity contribution < 1.29 is 18.7 Å². The van der Waals surface area contributed by atoms with Crippen LogP contribution in [0.25, 0.3) is 0 Å². The molecule has 0 atom stereocenters. The molecule has 3 aromatic rings. The fourth-order valence-corrected chi connectivity index (χ4v) is 3.02. The number of halogens is 1. The summed E-state index contributed by atoms with van der Waals surface area (Å²) in [4.78, 5) is 13.0. The van der Waals surface area contributed by atoms with Gasteiger partial charge in [-0.25, -0.2) is 4.39 Å². The Kier molecular flexibility index (Phi) is 4.74. The molecule has 2 aromatic carbocycles. The van der Waals surface area contributed by atoms with E-state index < -0.39 is 0 Å². The predicted octanol–water partition coefficient (Wildman–Crippen LogP) is 4.35. The molecule has 1 amide bonds. The van der Waals surface area contributed by atoms with E-state index >= 15 is 0 Å². The van der Waals surface area contributed by atoms with Gasteiger partial charge in [-0.1, -0.05) is 32.9 Å². The van der Waals surface area contributed by atoms with Crippen molar-refractivity contribution in [2.24, 2.45) is 0 Å². The predicted molar refractivity (Wildman–Crippen MR) is 107 cm³/mol. The summed E-state index contributed by atoms with van der Waals surface area (Å²) in [7, 11) is 0. The first-order valence-electron chi connectivity index (χ1n) is 9.33. The Labute approximate surface area is 168 Å². The second kappa shape index (κ2) is 7.24. The number of carbonyl (C=O) groups is 1. The second-order valence-electron chi connectivity index (χ2n) is 7.97. The molecular weight excluding hydrogens is 373 g/mol. The van der Waals surface area contributed by atoms with Crippen LogP contribution in [0.15, 0.2) is 48.5 Å². The Bertz CT molecular complexity index is 1050. The molecular formula is C22H22FN3O3. The zero-order valence-corrected chi connectivity index (χ0v) is 16.5. The molecule has 1 aromatic heterocycles. The van der Waals surface area contributed by atoms with Gasteiger partial charge in [0.1, 0.15) is 11.5 Å². The van der Waals surface area contributed by atoms with Crippen molar-refractivity contribution in [3.63, 3.8) is 0 Å². The van der Waals surface area contributed by atoms with Gasteiger partial charge < -0.3 is 14.8 Å². The summed E-state index contributed by atoms with van der Waals surface area (Å²) in [6.07, 6.45) is 0. The first kappa shape index (κ1) is 19.0. The number of nitrogens with one attached hydrogen (secondary N) is 1. The Morgan fingerprint density at radius 1 is 1.10 bits per heavy atom. The van der Waals surface area contributed by atoms with Gasteiger partial charge in [-0.15, -0.1) is 0 Å². The number of rotatable bonds is 4. The Morgan fingerprint density at radius 2 is 1.83 bits per heavy atom. The highest BCUT2D eigenvalue weighted by Crippen LogP contribution is 2.34. The normalized spacial score (nSPS) is 12.8. The minimum absolute atomic E-state index is 0.173. The molecule has 7 heteroatoms. The van der Waals surface area contributed by atoms with E-state index in [4.69, 9.17) is 9.47 Å². The monoisotopic (exact) mass is 395 g/mol. The Morgan fingerprint density at radius 3 is 2.55 bits per heavy atom. The van der Waals surface area contributed by atoms with E-state index in [0.29, 0.717) is 29.4 Å². The zero-order chi connectivity index (χ0) is 20.6. The van der Waals surface area contributed by atoms with Gasteiger partial charge in [-0.05, 0) is 35.9 Å². The van der Waals surface area contributed by atoms with E-state index in [1.165, 1.54) is 12.1 Å². The number of hydrogen-bond acceptors (Lipinski definition) is 4. The number of anilines is 1. The van der Waals surface area contributed by atoms with Crippen LogP contribution in [-0.2, 0) is 12.0 Å². The lowest BCUT2D eigenvalue weighted by molar-refractivity contribution is 0.101. The minimum atomic E-state index is -0.301. The first-order valence-corrected chi connectivity index (χ1v) is 9.33. The average molecular weight is 395 g/mol. The molecule has 2 heterocycles. The maximum Gasteiger partial charge on any atom is 0.273 e. The molecule has 1 N–H and O–H groups in total. The molecule has 4 rings (SSSR count). The number of ether oxygens (including phenoxy) is 2. The highest BCUT2D eigenvalue weighted by atomic mass is 19.1. The molecule has 29 heavy (non-hydrogen) atoms. The first-order chi connectivity index (χ1) is 13.8. The molecule has 1 aliphatic rings. The summed E-state index contributed by atoms with van der Waals surface area (Å²) in [5, 5.41) is 7.53. The van der Waals surface area contributed by atoms with Gasteiger partial charge >= 0.3 is 0 Å². The van der Waals surface area contributed by atoms with Crippen molar-refractivity contribution in [2.45, 2.75) is 32.7 Å². The lowest BCUT2D eigenvalue weighted by Crippen LogP contribution is -2.18. The fourth-order valence-electron chi connectivity index (χ4n) is 3.02. The largest absolute Gasteiger partial charge is 0.454 e. The molecule has 1 aliphatic heterocycles. The molecule has 150 valence electrons. The van der Waals surface area contributed by atoms with Crippen molar-refractivity contribution >= 4 is 11.6 Å². The molecule has 6 nitrogen and oxygen atoms in total. The van der Waals surface area contributed by atoms with Crippen LogP contribution in [0.3, 0.4) is 0 Å². The third kappa shape index (κ3) is 4.08. The van der Waals surface area contributed by atoms with Gasteiger partial charge in [0.05, 0.1) is 12.2 Å². The maximum atomic E-state index is 13.2. The van der Waals surface area contributed by atoms with Crippen molar-refractivity contribution in [2.75, 3.05) is 12.1 Å². The number of benzene rings is 2. The van der Waals surface area contributed by atoms with Gasteiger partial charge in [0, 0.05) is 17.2 Å². The molecule has 0 fully saturated rings. The van der Waals surface area contributed by atoms with E-state index in [0.717, 1.165) is 11.3 Å². The van der Waals surface area contributed by atoms with Gasteiger partial charge in [0.15, 0.2) is 11.5 Å². The van der Waals surface area contributed by atoms with Crippen LogP contribution in [0.4, 0.5) is 10.1 Å². The highest BCUT2D eigenvalue weighted by molar-refractivity contribution is 6.03. The van der Waals surface area contributed by atoms with Crippen LogP contribution in [0.2, 0.25) is 0 Å². The van der Waals surface area contributed by atoms with E-state index in [2.05, 4.69) is 10.4 Å². The molecule has 0 saturated carbocycles. The van der Waals surface area contributed by atoms with Gasteiger partial charge in [-0.2, -0.15) is 5.10 Å². The third-order valence-electron chi connectivity index (χ3n) is 4.66. The Hall–Kier alpha value is -3.35. The number of aromatic nitrogens is 2. The summed E-state index contributed by atoms with van der Waals surface area (Å²) in [6.45, 7) is 6.65. The van der Waals surface area contributed by atoms with Crippen molar-refractivity contribution in [1.29, 1.82) is 0 Å². The minimum Gasteiger partial charge on any atom is -0.454 e. The molecule has 0 saturated heterocycles. The van der Waals surface area contributed by atoms with Crippen LogP contribution in [0.5, 0.6) is 11.5 Å². The van der Waals surface area contributed by atoms with Crippen molar-refractivity contribution in [3.05, 3.63) is 71.3 Å². The van der Waals surface area contributed by atoms with Gasteiger partial charge in [0.2, 0.25) is 6.79 Å². The quantitative estimate of drug-likeness (QED) is 0.713. The lowest BCUT2D eigenvalue weighted by atomic mass is 9.92. The number of nitrogens with zero attached hydrogens (tertiary/aromatic N) is 2. The van der Waals surface area contributed by atoms with Crippen LogP contribution in [0, 0.1) is 5.82 Å². The molecule has 0 unspecified atom stereocenters. The van der Waals surface area contributed by atoms with Crippen molar-refractivity contribution in [1.82, 2.24) is 9.78 Å². The number of hydrogen-bond donors (Lipinski definition) is 1. The molecule has 0 aliphatic carbocycles. The summed E-state index contributed by atoms with van der Waals surface area (Å²) >= 11 is 0. The standard InChI is InChI=1S/C22H22FN3O3/c1-22(2,3)20-11-17(26(25-20)12-14-4-6-15(23)7-5-14)21(27)24-16-8-9-18-19(10-16)29-13-28-18/h4-11H,12-13H2,1-3H3,(H,24,27). The lowest BCUT2D eigenvalue weighted by Gasteiger charge is -2.14. The highest BCUT2D eigenvalue weighted by Gasteiger charge is 2.23. The molecule has 0 radical (unpaired) electrons. The van der Waals surface area contributed by atoms with E-state index in [1.807, 2.05) is 20.8 Å². The second-order valence-corrected chi connectivity index (χ2v) is 7.97. The number of fused-ring (bicyclic) bond motifs is 1. The van der Waals surface area contributed by atoms with Gasteiger partial charge in [-0.3, -0.25) is 9.48 Å². The number of carbonyl (C=O) groups excluding carboxylic acids is 1. The SMILES string of the molecule is CC(C)(C)c1cc(C(=O)Nc2ccc3c(c2)OCO3)n(Cc2ccc(F)cc2)n1. The Balaban J connectivity index is 1.62. The van der Waals surface area contributed by atoms with Crippen molar-refractivity contribution in [3.8, 4) is 11.5 Å². The van der Waals surface area contributed by atoms with Crippen LogP contribution >= 0.6 is 0 Å². The van der Waals surface area contributed by atoms with Crippen LogP contribution in [-0.4, -0.2) is 22.5 Å². The summed E-state index contributed by atoms with van der Waals surface area (Å²) in [5.74, 6) is 0.664. The smallest absolute Gasteiger partial charge is 0.273 e. The van der Waals surface area contributed by atoms with Crippen LogP contribution < -0.4 is 14.8 Å². The fraction of sp³-hybridized carbons (Fsp3) is 0.273. The summed E-state index contributed by atoms with van der Waals surface area (Å²) in [5.41, 5.74) is 2.47. The summed E-state index contributed by atoms with van der Waals surface area (Å²) in [6, 6.07) is 13.2.